The molecule has 9 heteroatoms. The van der Waals surface area contributed by atoms with Crippen molar-refractivity contribution in [2.75, 3.05) is 11.4 Å². The summed E-state index contributed by atoms with van der Waals surface area (Å²) < 4.78 is 19.7. The number of aliphatic hydroxyl groups excluding tert-OH is 2. The number of nitrogens with one attached hydrogen (secondary N) is 1. The molecule has 0 aromatic carbocycles. The minimum Gasteiger partial charge on any atom is -0.394 e. The number of aromatic nitrogens is 2. The maximum atomic E-state index is 13.8. The van der Waals surface area contributed by atoms with Crippen LogP contribution in [0.15, 0.2) is 17.1 Å². The standard InChI is InChI=1S/C9H11ClFN3O4/c10-13-5-1-2-14(9(17)12-5)8-6(11)7(16)4(3-15)18-8/h1-2,4,6-8,15-16H,3H2,(H,12,13,17)/t4-,6+,7-,8-/m1/s1. The van der Waals surface area contributed by atoms with Gasteiger partial charge in [0.15, 0.2) is 12.4 Å². The van der Waals surface area contributed by atoms with Crippen molar-refractivity contribution in [3.05, 3.63) is 22.7 Å². The average molecular weight is 280 g/mol. The van der Waals surface area contributed by atoms with Gasteiger partial charge in [0.25, 0.3) is 0 Å². The molecule has 0 bridgehead atoms. The van der Waals surface area contributed by atoms with E-state index in [4.69, 9.17) is 21.6 Å². The molecule has 4 atom stereocenters. The predicted octanol–water partition coefficient (Wildman–Crippen LogP) is -0.602. The van der Waals surface area contributed by atoms with Gasteiger partial charge in [0.2, 0.25) is 0 Å². The molecule has 0 amide bonds. The van der Waals surface area contributed by atoms with Gasteiger partial charge in [-0.05, 0) is 6.07 Å². The number of hydrogen-bond acceptors (Lipinski definition) is 6. The topological polar surface area (TPSA) is 96.6 Å². The zero-order valence-corrected chi connectivity index (χ0v) is 9.79. The highest BCUT2D eigenvalue weighted by Crippen LogP contribution is 2.30. The van der Waals surface area contributed by atoms with Crippen LogP contribution in [0.5, 0.6) is 0 Å². The first kappa shape index (κ1) is 13.2. The Morgan fingerprint density at radius 1 is 1.67 bits per heavy atom. The van der Waals surface area contributed by atoms with Crippen molar-refractivity contribution in [1.29, 1.82) is 0 Å². The Kier molecular flexibility index (Phi) is 3.81. The number of rotatable bonds is 3. The lowest BCUT2D eigenvalue weighted by atomic mass is 10.1. The number of nitrogens with zero attached hydrogens (tertiary/aromatic N) is 2. The van der Waals surface area contributed by atoms with Crippen LogP contribution in [0.4, 0.5) is 10.2 Å². The lowest BCUT2D eigenvalue weighted by Gasteiger charge is -2.15. The largest absolute Gasteiger partial charge is 0.394 e. The third-order valence-corrected chi connectivity index (χ3v) is 2.87. The van der Waals surface area contributed by atoms with Crippen molar-refractivity contribution in [3.63, 3.8) is 0 Å². The molecule has 18 heavy (non-hydrogen) atoms. The summed E-state index contributed by atoms with van der Waals surface area (Å²) >= 11 is 5.27. The van der Waals surface area contributed by atoms with Crippen molar-refractivity contribution in [3.8, 4) is 0 Å². The van der Waals surface area contributed by atoms with Crippen LogP contribution in [-0.2, 0) is 4.74 Å². The van der Waals surface area contributed by atoms with Gasteiger partial charge in [-0.2, -0.15) is 4.98 Å². The van der Waals surface area contributed by atoms with Crippen LogP contribution in [-0.4, -0.2) is 44.8 Å². The summed E-state index contributed by atoms with van der Waals surface area (Å²) in [6.07, 6.45) is -4.46. The van der Waals surface area contributed by atoms with Crippen molar-refractivity contribution in [1.82, 2.24) is 9.55 Å². The Hall–Kier alpha value is -1.22. The van der Waals surface area contributed by atoms with Crippen molar-refractivity contribution < 1.29 is 19.3 Å². The number of anilines is 1. The van der Waals surface area contributed by atoms with E-state index in [9.17, 15) is 14.3 Å². The second-order valence-corrected chi connectivity index (χ2v) is 3.97. The Morgan fingerprint density at radius 2 is 2.39 bits per heavy atom. The normalized spacial score (nSPS) is 31.6. The number of aliphatic hydroxyl groups is 2. The van der Waals surface area contributed by atoms with Crippen LogP contribution in [0.2, 0.25) is 0 Å². The Bertz CT molecular complexity index is 485. The van der Waals surface area contributed by atoms with E-state index in [2.05, 4.69) is 9.82 Å². The highest BCUT2D eigenvalue weighted by Gasteiger charge is 2.45. The van der Waals surface area contributed by atoms with E-state index in [1.165, 1.54) is 12.3 Å². The molecule has 0 aliphatic carbocycles. The summed E-state index contributed by atoms with van der Waals surface area (Å²) in [5.41, 5.74) is -0.779. The van der Waals surface area contributed by atoms with E-state index in [-0.39, 0.29) is 5.82 Å². The Balaban J connectivity index is 2.30. The molecule has 100 valence electrons. The van der Waals surface area contributed by atoms with Gasteiger partial charge in [-0.15, -0.1) is 0 Å². The maximum absolute atomic E-state index is 13.8. The smallest absolute Gasteiger partial charge is 0.351 e. The third-order valence-electron chi connectivity index (χ3n) is 2.67. The summed E-state index contributed by atoms with van der Waals surface area (Å²) in [6.45, 7) is -0.540. The molecule has 1 aliphatic heterocycles. The van der Waals surface area contributed by atoms with E-state index < -0.39 is 36.9 Å². The lowest BCUT2D eigenvalue weighted by Crippen LogP contribution is -2.33. The lowest BCUT2D eigenvalue weighted by molar-refractivity contribution is -0.0490. The van der Waals surface area contributed by atoms with Crippen molar-refractivity contribution in [2.45, 2.75) is 24.6 Å². The van der Waals surface area contributed by atoms with Gasteiger partial charge < -0.3 is 14.9 Å². The summed E-state index contributed by atoms with van der Waals surface area (Å²) in [7, 11) is 0. The molecule has 0 saturated carbocycles. The summed E-state index contributed by atoms with van der Waals surface area (Å²) in [5.74, 6) is 0.116. The van der Waals surface area contributed by atoms with Crippen molar-refractivity contribution >= 4 is 17.6 Å². The first-order valence-electron chi connectivity index (χ1n) is 5.12. The first-order valence-corrected chi connectivity index (χ1v) is 5.50. The molecule has 2 rings (SSSR count). The molecule has 0 unspecified atom stereocenters. The van der Waals surface area contributed by atoms with Crippen LogP contribution < -0.4 is 10.5 Å². The van der Waals surface area contributed by atoms with Crippen molar-refractivity contribution in [2.24, 2.45) is 0 Å². The summed E-state index contributed by atoms with van der Waals surface area (Å²) in [6, 6.07) is 1.35. The van der Waals surface area contributed by atoms with Gasteiger partial charge in [-0.25, -0.2) is 9.18 Å². The predicted molar refractivity (Wildman–Crippen MR) is 59.9 cm³/mol. The third kappa shape index (κ3) is 2.19. The summed E-state index contributed by atoms with van der Waals surface area (Å²) in [5, 5.41) is 18.3. The van der Waals surface area contributed by atoms with E-state index in [1.807, 2.05) is 0 Å². The molecular formula is C9H11ClFN3O4. The fourth-order valence-corrected chi connectivity index (χ4v) is 1.84. The van der Waals surface area contributed by atoms with Gasteiger partial charge >= 0.3 is 5.69 Å². The quantitative estimate of drug-likeness (QED) is 0.639. The van der Waals surface area contributed by atoms with Crippen LogP contribution in [0.25, 0.3) is 0 Å². The zero-order chi connectivity index (χ0) is 13.3. The van der Waals surface area contributed by atoms with E-state index in [0.717, 1.165) is 4.57 Å². The molecule has 2 heterocycles. The molecule has 1 saturated heterocycles. The zero-order valence-electron chi connectivity index (χ0n) is 9.03. The number of halogens is 2. The second kappa shape index (κ2) is 5.19. The van der Waals surface area contributed by atoms with E-state index in [1.54, 1.807) is 0 Å². The van der Waals surface area contributed by atoms with Gasteiger partial charge in [-0.1, -0.05) is 0 Å². The van der Waals surface area contributed by atoms with Gasteiger partial charge in [0, 0.05) is 18.0 Å². The van der Waals surface area contributed by atoms with Gasteiger partial charge in [-0.3, -0.25) is 9.40 Å². The SMILES string of the molecule is O=c1nc(NCl)ccn1[C@@H]1O[C@H](CO)[C@@H](O)[C@@H]1F. The molecule has 1 aromatic heterocycles. The average Bonchev–Trinajstić information content (AvgIpc) is 2.66. The van der Waals surface area contributed by atoms with Crippen LogP contribution in [0.3, 0.4) is 0 Å². The Morgan fingerprint density at radius 3 is 2.89 bits per heavy atom. The van der Waals surface area contributed by atoms with Crippen LogP contribution in [0, 0.1) is 0 Å². The molecule has 0 radical (unpaired) electrons. The minimum atomic E-state index is -1.82. The molecule has 1 fully saturated rings. The highest BCUT2D eigenvalue weighted by atomic mass is 35.5. The van der Waals surface area contributed by atoms with E-state index in [0.29, 0.717) is 0 Å². The number of ether oxygens (including phenoxy) is 1. The molecule has 0 spiro atoms. The molecule has 1 aromatic rings. The van der Waals surface area contributed by atoms with Gasteiger partial charge in [0.05, 0.1) is 6.61 Å². The molecule has 3 N–H and O–H groups in total. The molecule has 7 nitrogen and oxygen atoms in total. The van der Waals surface area contributed by atoms with E-state index >= 15 is 0 Å². The fourth-order valence-electron chi connectivity index (χ4n) is 1.74. The van der Waals surface area contributed by atoms with Crippen LogP contribution >= 0.6 is 11.8 Å². The minimum absolute atomic E-state index is 0.116. The maximum Gasteiger partial charge on any atom is 0.351 e. The van der Waals surface area contributed by atoms with Crippen LogP contribution in [0.1, 0.15) is 6.23 Å². The second-order valence-electron chi connectivity index (χ2n) is 3.78. The monoisotopic (exact) mass is 279 g/mol. The summed E-state index contributed by atoms with van der Waals surface area (Å²) in [4.78, 5) is 17.3. The molecular weight excluding hydrogens is 269 g/mol. The number of hydrogen-bond donors (Lipinski definition) is 3. The molecule has 1 aliphatic rings. The highest BCUT2D eigenvalue weighted by molar-refractivity contribution is 6.23. The Labute approximate surface area is 106 Å². The first-order chi connectivity index (χ1) is 8.58. The van der Waals surface area contributed by atoms with Gasteiger partial charge in [0.1, 0.15) is 18.0 Å². The fraction of sp³-hybridized carbons (Fsp3) is 0.556. The number of alkyl halides is 1.